The molecule has 1 N–H and O–H groups in total. The molecule has 2 aromatic rings. The molecule has 1 aliphatic rings. The molecule has 4 heteroatoms. The molecular weight excluding hydrogens is 268 g/mol. The second kappa shape index (κ2) is 6.20. The van der Waals surface area contributed by atoms with Gasteiger partial charge < -0.3 is 10.2 Å². The lowest BCUT2D eigenvalue weighted by molar-refractivity contribution is 0.134. The summed E-state index contributed by atoms with van der Waals surface area (Å²) in [6.07, 6.45) is 0.950. The summed E-state index contributed by atoms with van der Waals surface area (Å²) in [5.41, 5.74) is 6.76. The number of hydrazone groups is 1. The SMILES string of the molecule is CCOCc1ccc(C2=NNC(c3cccs3)C2)cc1. The average molecular weight is 286 g/mol. The van der Waals surface area contributed by atoms with Crippen LogP contribution in [0.25, 0.3) is 0 Å². The lowest BCUT2D eigenvalue weighted by atomic mass is 10.0. The highest BCUT2D eigenvalue weighted by molar-refractivity contribution is 7.10. The second-order valence-electron chi connectivity index (χ2n) is 4.79. The van der Waals surface area contributed by atoms with Gasteiger partial charge in [0, 0.05) is 17.9 Å². The lowest BCUT2D eigenvalue weighted by Crippen LogP contribution is -2.07. The Morgan fingerprint density at radius 3 is 2.85 bits per heavy atom. The van der Waals surface area contributed by atoms with E-state index in [1.54, 1.807) is 11.3 Å². The number of hydrogen-bond donors (Lipinski definition) is 1. The van der Waals surface area contributed by atoms with Crippen molar-refractivity contribution in [2.75, 3.05) is 6.61 Å². The molecule has 1 aromatic carbocycles. The molecule has 0 saturated carbocycles. The molecule has 1 atom stereocenters. The Morgan fingerprint density at radius 1 is 1.30 bits per heavy atom. The summed E-state index contributed by atoms with van der Waals surface area (Å²) in [5.74, 6) is 0. The zero-order valence-electron chi connectivity index (χ0n) is 11.5. The molecule has 2 heterocycles. The summed E-state index contributed by atoms with van der Waals surface area (Å²) in [6, 6.07) is 13.1. The molecule has 1 unspecified atom stereocenters. The standard InChI is InChI=1S/C16H18N2OS/c1-2-19-11-12-5-7-13(8-6-12)14-10-15(18-17-14)16-4-3-9-20-16/h3-9,15,18H,2,10-11H2,1H3. The molecule has 20 heavy (non-hydrogen) atoms. The van der Waals surface area contributed by atoms with Crippen molar-refractivity contribution < 1.29 is 4.74 Å². The first-order valence-corrected chi connectivity index (χ1v) is 7.77. The van der Waals surface area contributed by atoms with Gasteiger partial charge in [0.15, 0.2) is 0 Å². The molecule has 0 radical (unpaired) electrons. The maximum Gasteiger partial charge on any atom is 0.0838 e. The van der Waals surface area contributed by atoms with Gasteiger partial charge in [-0.2, -0.15) is 5.10 Å². The Hall–Kier alpha value is -1.65. The quantitative estimate of drug-likeness (QED) is 0.908. The van der Waals surface area contributed by atoms with E-state index in [2.05, 4.69) is 52.3 Å². The van der Waals surface area contributed by atoms with E-state index in [1.807, 2.05) is 6.92 Å². The van der Waals surface area contributed by atoms with Crippen LogP contribution in [0.5, 0.6) is 0 Å². The summed E-state index contributed by atoms with van der Waals surface area (Å²) < 4.78 is 5.41. The first-order chi connectivity index (χ1) is 9.86. The molecule has 3 rings (SSSR count). The van der Waals surface area contributed by atoms with Crippen LogP contribution in [-0.4, -0.2) is 12.3 Å². The molecule has 0 fully saturated rings. The van der Waals surface area contributed by atoms with Crippen LogP contribution < -0.4 is 5.43 Å². The highest BCUT2D eigenvalue weighted by atomic mass is 32.1. The smallest absolute Gasteiger partial charge is 0.0838 e. The van der Waals surface area contributed by atoms with Crippen LogP contribution in [0.15, 0.2) is 46.9 Å². The van der Waals surface area contributed by atoms with E-state index in [0.717, 1.165) is 18.7 Å². The maximum absolute atomic E-state index is 5.41. The van der Waals surface area contributed by atoms with Crippen molar-refractivity contribution in [3.05, 3.63) is 57.8 Å². The topological polar surface area (TPSA) is 33.6 Å². The van der Waals surface area contributed by atoms with Crippen molar-refractivity contribution in [1.82, 2.24) is 5.43 Å². The monoisotopic (exact) mass is 286 g/mol. The van der Waals surface area contributed by atoms with Crippen LogP contribution in [0, 0.1) is 0 Å². The third kappa shape index (κ3) is 2.92. The number of hydrogen-bond acceptors (Lipinski definition) is 4. The summed E-state index contributed by atoms with van der Waals surface area (Å²) in [7, 11) is 0. The van der Waals surface area contributed by atoms with Crippen LogP contribution in [0.2, 0.25) is 0 Å². The number of rotatable bonds is 5. The van der Waals surface area contributed by atoms with E-state index in [4.69, 9.17) is 4.74 Å². The molecule has 0 amide bonds. The van der Waals surface area contributed by atoms with Crippen molar-refractivity contribution in [2.24, 2.45) is 5.10 Å². The number of benzene rings is 1. The number of ether oxygens (including phenoxy) is 1. The van der Waals surface area contributed by atoms with E-state index >= 15 is 0 Å². The predicted molar refractivity (Wildman–Crippen MR) is 83.1 cm³/mol. The van der Waals surface area contributed by atoms with Gasteiger partial charge >= 0.3 is 0 Å². The predicted octanol–water partition coefficient (Wildman–Crippen LogP) is 3.72. The maximum atomic E-state index is 5.41. The van der Waals surface area contributed by atoms with Gasteiger partial charge in [0.2, 0.25) is 0 Å². The van der Waals surface area contributed by atoms with Crippen molar-refractivity contribution in [1.29, 1.82) is 0 Å². The van der Waals surface area contributed by atoms with Gasteiger partial charge in [-0.15, -0.1) is 11.3 Å². The number of nitrogens with zero attached hydrogens (tertiary/aromatic N) is 1. The van der Waals surface area contributed by atoms with Crippen molar-refractivity contribution >= 4 is 17.0 Å². The minimum absolute atomic E-state index is 0.327. The van der Waals surface area contributed by atoms with E-state index in [9.17, 15) is 0 Å². The largest absolute Gasteiger partial charge is 0.377 e. The first kappa shape index (κ1) is 13.3. The van der Waals surface area contributed by atoms with Crippen LogP contribution in [0.1, 0.15) is 35.4 Å². The lowest BCUT2D eigenvalue weighted by Gasteiger charge is -2.06. The van der Waals surface area contributed by atoms with Gasteiger partial charge in [0.1, 0.15) is 0 Å². The normalized spacial score (nSPS) is 17.9. The first-order valence-electron chi connectivity index (χ1n) is 6.89. The molecular formula is C16H18N2OS. The molecule has 0 aliphatic carbocycles. The Morgan fingerprint density at radius 2 is 2.15 bits per heavy atom. The Balaban J connectivity index is 1.65. The summed E-state index contributed by atoms with van der Waals surface area (Å²) in [5, 5.41) is 6.59. The van der Waals surface area contributed by atoms with Gasteiger partial charge in [-0.3, -0.25) is 0 Å². The van der Waals surface area contributed by atoms with Crippen molar-refractivity contribution in [3.8, 4) is 0 Å². The zero-order chi connectivity index (χ0) is 13.8. The fraction of sp³-hybridized carbons (Fsp3) is 0.312. The van der Waals surface area contributed by atoms with Crippen LogP contribution in [0.3, 0.4) is 0 Å². The van der Waals surface area contributed by atoms with Crippen molar-refractivity contribution in [2.45, 2.75) is 26.0 Å². The van der Waals surface area contributed by atoms with E-state index in [-0.39, 0.29) is 0 Å². The number of nitrogens with one attached hydrogen (secondary N) is 1. The average Bonchev–Trinajstić information content (AvgIpc) is 3.16. The summed E-state index contributed by atoms with van der Waals surface area (Å²) in [4.78, 5) is 1.34. The van der Waals surface area contributed by atoms with Crippen LogP contribution in [-0.2, 0) is 11.3 Å². The van der Waals surface area contributed by atoms with Crippen molar-refractivity contribution in [3.63, 3.8) is 0 Å². The minimum atomic E-state index is 0.327. The second-order valence-corrected chi connectivity index (χ2v) is 5.77. The molecule has 1 aliphatic heterocycles. The van der Waals surface area contributed by atoms with E-state index in [0.29, 0.717) is 12.6 Å². The van der Waals surface area contributed by atoms with E-state index in [1.165, 1.54) is 16.0 Å². The molecule has 0 bridgehead atoms. The molecule has 0 saturated heterocycles. The number of thiophene rings is 1. The van der Waals surface area contributed by atoms with E-state index < -0.39 is 0 Å². The fourth-order valence-electron chi connectivity index (χ4n) is 2.29. The Kier molecular flexibility index (Phi) is 4.14. The molecule has 3 nitrogen and oxygen atoms in total. The van der Waals surface area contributed by atoms with Gasteiger partial charge in [-0.25, -0.2) is 0 Å². The minimum Gasteiger partial charge on any atom is -0.377 e. The third-order valence-corrected chi connectivity index (χ3v) is 4.39. The molecule has 1 aromatic heterocycles. The highest BCUT2D eigenvalue weighted by Gasteiger charge is 2.21. The Bertz CT molecular complexity index is 575. The Labute approximate surface area is 123 Å². The fourth-order valence-corrected chi connectivity index (χ4v) is 3.06. The van der Waals surface area contributed by atoms with Gasteiger partial charge in [-0.1, -0.05) is 30.3 Å². The molecule has 104 valence electrons. The van der Waals surface area contributed by atoms with Crippen LogP contribution >= 0.6 is 11.3 Å². The molecule has 0 spiro atoms. The van der Waals surface area contributed by atoms with Gasteiger partial charge in [-0.05, 0) is 29.5 Å². The third-order valence-electron chi connectivity index (χ3n) is 3.40. The van der Waals surface area contributed by atoms with Gasteiger partial charge in [0.25, 0.3) is 0 Å². The highest BCUT2D eigenvalue weighted by Crippen LogP contribution is 2.27. The summed E-state index contributed by atoms with van der Waals surface area (Å²) in [6.45, 7) is 3.44. The van der Waals surface area contributed by atoms with Crippen LogP contribution in [0.4, 0.5) is 0 Å². The van der Waals surface area contributed by atoms with Gasteiger partial charge in [0.05, 0.1) is 18.4 Å². The zero-order valence-corrected chi connectivity index (χ0v) is 12.3. The summed E-state index contributed by atoms with van der Waals surface area (Å²) >= 11 is 1.78.